The predicted octanol–water partition coefficient (Wildman–Crippen LogP) is 3.92. The average Bonchev–Trinajstić information content (AvgIpc) is 3.08. The van der Waals surface area contributed by atoms with Gasteiger partial charge in [0.1, 0.15) is 5.82 Å². The maximum absolute atomic E-state index is 14.6. The van der Waals surface area contributed by atoms with Crippen molar-refractivity contribution in [3.8, 4) is 11.5 Å². The van der Waals surface area contributed by atoms with Gasteiger partial charge in [-0.1, -0.05) is 24.3 Å². The van der Waals surface area contributed by atoms with Crippen molar-refractivity contribution in [1.29, 1.82) is 0 Å². The lowest BCUT2D eigenvalue weighted by molar-refractivity contribution is 0.246. The zero-order valence-electron chi connectivity index (χ0n) is 14.6. The fourth-order valence-electron chi connectivity index (χ4n) is 2.53. The Balaban J connectivity index is 1.88. The monoisotopic (exact) mass is 354 g/mol. The number of halogens is 1. The first-order valence-electron chi connectivity index (χ1n) is 8.27. The van der Waals surface area contributed by atoms with E-state index in [2.05, 4.69) is 15.5 Å². The third-order valence-electron chi connectivity index (χ3n) is 3.80. The maximum Gasteiger partial charge on any atom is 0.322 e. The molecule has 6 nitrogen and oxygen atoms in total. The van der Waals surface area contributed by atoms with Crippen LogP contribution in [0.3, 0.4) is 0 Å². The van der Waals surface area contributed by atoms with Crippen molar-refractivity contribution in [1.82, 2.24) is 15.5 Å². The van der Waals surface area contributed by atoms with E-state index in [1.807, 2.05) is 37.3 Å². The fraction of sp³-hybridized carbons (Fsp3) is 0.211. The van der Waals surface area contributed by atoms with Gasteiger partial charge in [-0.25, -0.2) is 9.18 Å². The quantitative estimate of drug-likeness (QED) is 0.754. The van der Waals surface area contributed by atoms with Gasteiger partial charge in [0, 0.05) is 30.3 Å². The van der Waals surface area contributed by atoms with E-state index in [1.165, 1.54) is 11.0 Å². The van der Waals surface area contributed by atoms with E-state index in [9.17, 15) is 9.18 Å². The van der Waals surface area contributed by atoms with Gasteiger partial charge in [-0.3, -0.25) is 4.90 Å². The van der Waals surface area contributed by atoms with Crippen molar-refractivity contribution in [2.45, 2.75) is 20.4 Å². The number of urea groups is 1. The van der Waals surface area contributed by atoms with Crippen LogP contribution in [0.1, 0.15) is 18.4 Å². The highest BCUT2D eigenvalue weighted by Gasteiger charge is 2.18. The molecule has 1 aromatic heterocycles. The molecule has 0 unspecified atom stereocenters. The first-order chi connectivity index (χ1) is 12.6. The van der Waals surface area contributed by atoms with E-state index in [-0.39, 0.29) is 18.5 Å². The first-order valence-corrected chi connectivity index (χ1v) is 8.27. The van der Waals surface area contributed by atoms with Gasteiger partial charge in [-0.15, -0.1) is 10.2 Å². The number of anilines is 1. The number of nitrogens with zero attached hydrogens (tertiary/aromatic N) is 3. The predicted molar refractivity (Wildman–Crippen MR) is 96.1 cm³/mol. The molecule has 0 atom stereocenters. The van der Waals surface area contributed by atoms with Gasteiger partial charge in [0.2, 0.25) is 11.8 Å². The molecule has 0 spiro atoms. The lowest BCUT2D eigenvalue weighted by Crippen LogP contribution is -2.39. The summed E-state index contributed by atoms with van der Waals surface area (Å²) in [6.45, 7) is 4.10. The molecular weight excluding hydrogens is 335 g/mol. The van der Waals surface area contributed by atoms with Gasteiger partial charge in [-0.05, 0) is 31.2 Å². The molecule has 0 saturated heterocycles. The van der Waals surface area contributed by atoms with E-state index < -0.39 is 5.82 Å². The SMILES string of the molecule is CCNC(=O)N(Cc1ccc(-c2nnc(C)o2)cc1F)c1ccccc1. The summed E-state index contributed by atoms with van der Waals surface area (Å²) in [7, 11) is 0. The summed E-state index contributed by atoms with van der Waals surface area (Å²) in [5, 5.41) is 10.4. The van der Waals surface area contributed by atoms with Crippen molar-refractivity contribution in [2.24, 2.45) is 0 Å². The van der Waals surface area contributed by atoms with Crippen LogP contribution in [0.2, 0.25) is 0 Å². The number of benzene rings is 2. The largest absolute Gasteiger partial charge is 0.421 e. The Bertz CT molecular complexity index is 896. The summed E-state index contributed by atoms with van der Waals surface area (Å²) in [5.74, 6) is 0.233. The Morgan fingerprint density at radius 3 is 2.58 bits per heavy atom. The van der Waals surface area contributed by atoms with Crippen LogP contribution in [0.25, 0.3) is 11.5 Å². The van der Waals surface area contributed by atoms with Crippen molar-refractivity contribution in [2.75, 3.05) is 11.4 Å². The molecule has 0 aliphatic rings. The summed E-state index contributed by atoms with van der Waals surface area (Å²) in [4.78, 5) is 13.9. The Hall–Kier alpha value is -3.22. The number of rotatable bonds is 5. The molecule has 3 rings (SSSR count). The molecule has 0 aliphatic carbocycles. The highest BCUT2D eigenvalue weighted by Crippen LogP contribution is 2.23. The molecule has 2 amide bonds. The minimum atomic E-state index is -0.441. The average molecular weight is 354 g/mol. The van der Waals surface area contributed by atoms with Gasteiger partial charge in [0.05, 0.1) is 6.54 Å². The van der Waals surface area contributed by atoms with E-state index >= 15 is 0 Å². The molecule has 0 fully saturated rings. The van der Waals surface area contributed by atoms with Crippen LogP contribution in [0, 0.1) is 12.7 Å². The third-order valence-corrected chi connectivity index (χ3v) is 3.80. The van der Waals surface area contributed by atoms with Crippen molar-refractivity contribution < 1.29 is 13.6 Å². The van der Waals surface area contributed by atoms with E-state index in [4.69, 9.17) is 4.42 Å². The first kappa shape index (κ1) is 17.6. The van der Waals surface area contributed by atoms with Crippen molar-refractivity contribution in [3.63, 3.8) is 0 Å². The van der Waals surface area contributed by atoms with Crippen LogP contribution >= 0.6 is 0 Å². The summed E-state index contributed by atoms with van der Waals surface area (Å²) in [5.41, 5.74) is 1.57. The number of carbonyl (C=O) groups excluding carboxylic acids is 1. The number of nitrogens with one attached hydrogen (secondary N) is 1. The molecule has 0 radical (unpaired) electrons. The molecule has 134 valence electrons. The summed E-state index contributed by atoms with van der Waals surface area (Å²) < 4.78 is 19.9. The third kappa shape index (κ3) is 3.88. The number of aromatic nitrogens is 2. The van der Waals surface area contributed by atoms with Crippen LogP contribution < -0.4 is 10.2 Å². The van der Waals surface area contributed by atoms with E-state index in [0.29, 0.717) is 29.2 Å². The molecule has 0 aliphatic heterocycles. The maximum atomic E-state index is 14.6. The Morgan fingerprint density at radius 2 is 1.96 bits per heavy atom. The topological polar surface area (TPSA) is 71.3 Å². The molecular formula is C19H19FN4O2. The molecule has 2 aromatic carbocycles. The smallest absolute Gasteiger partial charge is 0.322 e. The second kappa shape index (κ2) is 7.77. The molecule has 1 heterocycles. The Labute approximate surface area is 150 Å². The standard InChI is InChI=1S/C19H19FN4O2/c1-3-21-19(25)24(16-7-5-4-6-8-16)12-15-10-9-14(11-17(15)20)18-23-22-13(2)26-18/h4-11H,3,12H2,1-2H3,(H,21,25). The number of hydrogen-bond acceptors (Lipinski definition) is 4. The highest BCUT2D eigenvalue weighted by atomic mass is 19.1. The van der Waals surface area contributed by atoms with E-state index in [1.54, 1.807) is 19.1 Å². The molecule has 3 aromatic rings. The number of carbonyl (C=O) groups is 1. The number of hydrogen-bond donors (Lipinski definition) is 1. The fourth-order valence-corrected chi connectivity index (χ4v) is 2.53. The highest BCUT2D eigenvalue weighted by molar-refractivity contribution is 5.91. The zero-order chi connectivity index (χ0) is 18.5. The number of para-hydroxylation sites is 1. The van der Waals surface area contributed by atoms with E-state index in [0.717, 1.165) is 0 Å². The van der Waals surface area contributed by atoms with Crippen molar-refractivity contribution >= 4 is 11.7 Å². The summed E-state index contributed by atoms with van der Waals surface area (Å²) >= 11 is 0. The number of aryl methyl sites for hydroxylation is 1. The second-order valence-corrected chi connectivity index (χ2v) is 5.69. The molecule has 1 N–H and O–H groups in total. The van der Waals surface area contributed by atoms with Crippen LogP contribution in [-0.4, -0.2) is 22.8 Å². The van der Waals surface area contributed by atoms with Gasteiger partial charge in [-0.2, -0.15) is 0 Å². The lowest BCUT2D eigenvalue weighted by atomic mass is 10.1. The molecule has 26 heavy (non-hydrogen) atoms. The number of amides is 2. The lowest BCUT2D eigenvalue weighted by Gasteiger charge is -2.23. The van der Waals surface area contributed by atoms with Gasteiger partial charge in [0.15, 0.2) is 0 Å². The normalized spacial score (nSPS) is 10.6. The summed E-state index contributed by atoms with van der Waals surface area (Å²) in [6, 6.07) is 13.5. The molecule has 0 saturated carbocycles. The Morgan fingerprint density at radius 1 is 1.19 bits per heavy atom. The minimum absolute atomic E-state index is 0.102. The summed E-state index contributed by atoms with van der Waals surface area (Å²) in [6.07, 6.45) is 0. The molecule has 7 heteroatoms. The zero-order valence-corrected chi connectivity index (χ0v) is 14.6. The second-order valence-electron chi connectivity index (χ2n) is 5.69. The van der Waals surface area contributed by atoms with Gasteiger partial charge >= 0.3 is 6.03 Å². The van der Waals surface area contributed by atoms with Crippen LogP contribution in [0.5, 0.6) is 0 Å². The van der Waals surface area contributed by atoms with Crippen LogP contribution in [-0.2, 0) is 6.54 Å². The minimum Gasteiger partial charge on any atom is -0.421 e. The van der Waals surface area contributed by atoms with Gasteiger partial charge in [0.25, 0.3) is 0 Å². The molecule has 0 bridgehead atoms. The Kier molecular flexibility index (Phi) is 5.26. The van der Waals surface area contributed by atoms with Crippen LogP contribution in [0.4, 0.5) is 14.9 Å². The van der Waals surface area contributed by atoms with Gasteiger partial charge < -0.3 is 9.73 Å². The van der Waals surface area contributed by atoms with Crippen molar-refractivity contribution in [3.05, 3.63) is 65.8 Å². The van der Waals surface area contributed by atoms with Crippen LogP contribution in [0.15, 0.2) is 52.9 Å².